The first-order valence-corrected chi connectivity index (χ1v) is 11.2. The van der Waals surface area contributed by atoms with Crippen LogP contribution >= 0.6 is 0 Å². The Balaban J connectivity index is 1.90. The Morgan fingerprint density at radius 2 is 1.76 bits per heavy atom. The van der Waals surface area contributed by atoms with E-state index in [-0.39, 0.29) is 5.69 Å². The number of carbonyl (C=O) groups excluding carboxylic acids is 1. The van der Waals surface area contributed by atoms with Gasteiger partial charge in [-0.3, -0.25) is 9.10 Å². The highest BCUT2D eigenvalue weighted by Crippen LogP contribution is 2.22. The third kappa shape index (κ3) is 6.81. The molecule has 2 aromatic rings. The second kappa shape index (κ2) is 9.82. The monoisotopic (exact) mass is 424 g/mol. The second-order valence-electron chi connectivity index (χ2n) is 7.22. The van der Waals surface area contributed by atoms with E-state index in [1.807, 2.05) is 0 Å². The van der Waals surface area contributed by atoms with Crippen LogP contribution < -0.4 is 9.62 Å². The molecule has 2 rings (SSSR count). The highest BCUT2D eigenvalue weighted by Gasteiger charge is 2.23. The van der Waals surface area contributed by atoms with Crippen molar-refractivity contribution in [1.29, 1.82) is 0 Å². The van der Waals surface area contributed by atoms with Crippen molar-refractivity contribution in [2.24, 2.45) is 0 Å². The molecule has 2 aromatic carbocycles. The van der Waals surface area contributed by atoms with Crippen molar-refractivity contribution in [1.82, 2.24) is 5.32 Å². The van der Waals surface area contributed by atoms with E-state index in [4.69, 9.17) is 0 Å². The topological polar surface area (TPSA) is 66.5 Å². The van der Waals surface area contributed by atoms with E-state index >= 15 is 0 Å². The summed E-state index contributed by atoms with van der Waals surface area (Å²) in [5, 5.41) is 2.64. The molecule has 0 spiro atoms. The zero-order chi connectivity index (χ0) is 21.6. The van der Waals surface area contributed by atoms with Crippen LogP contribution in [0.25, 0.3) is 0 Å². The van der Waals surface area contributed by atoms with Crippen molar-refractivity contribution < 1.29 is 22.0 Å². The molecule has 0 atom stereocenters. The highest BCUT2D eigenvalue weighted by atomic mass is 32.2. The maximum absolute atomic E-state index is 14.0. The number of hydrogen-bond acceptors (Lipinski definition) is 3. The van der Waals surface area contributed by atoms with E-state index in [2.05, 4.69) is 43.4 Å². The van der Waals surface area contributed by atoms with Gasteiger partial charge in [-0.2, -0.15) is 0 Å². The Labute approximate surface area is 170 Å². The fourth-order valence-corrected chi connectivity index (χ4v) is 3.70. The summed E-state index contributed by atoms with van der Waals surface area (Å²) in [5.41, 5.74) is 2.04. The Bertz CT molecular complexity index is 945. The molecule has 0 unspecified atom stereocenters. The van der Waals surface area contributed by atoms with Gasteiger partial charge in [0.15, 0.2) is 0 Å². The van der Waals surface area contributed by atoms with Crippen molar-refractivity contribution in [3.05, 3.63) is 65.2 Å². The molecule has 0 aliphatic carbocycles. The summed E-state index contributed by atoms with van der Waals surface area (Å²) in [4.78, 5) is 12.2. The number of halogens is 2. The van der Waals surface area contributed by atoms with Crippen molar-refractivity contribution in [3.8, 4) is 0 Å². The molecule has 0 saturated carbocycles. The Kier molecular flexibility index (Phi) is 7.73. The lowest BCUT2D eigenvalue weighted by Crippen LogP contribution is -2.41. The number of amides is 1. The Hall–Kier alpha value is -2.48. The van der Waals surface area contributed by atoms with Gasteiger partial charge >= 0.3 is 0 Å². The number of hydrogen-bond donors (Lipinski definition) is 1. The van der Waals surface area contributed by atoms with Crippen molar-refractivity contribution in [3.63, 3.8) is 0 Å². The van der Waals surface area contributed by atoms with Gasteiger partial charge in [0, 0.05) is 12.6 Å². The SMILES string of the molecule is CC(C)c1ccc(CCCNC(=O)CN(c2ccc(F)cc2F)S(C)(=O)=O)cc1. The summed E-state index contributed by atoms with van der Waals surface area (Å²) in [6, 6.07) is 10.8. The van der Waals surface area contributed by atoms with E-state index in [0.717, 1.165) is 30.4 Å². The summed E-state index contributed by atoms with van der Waals surface area (Å²) in [6.45, 7) is 4.03. The fourth-order valence-electron chi connectivity index (χ4n) is 2.84. The Morgan fingerprint density at radius 1 is 1.10 bits per heavy atom. The summed E-state index contributed by atoms with van der Waals surface area (Å²) >= 11 is 0. The lowest BCUT2D eigenvalue weighted by molar-refractivity contribution is -0.119. The van der Waals surface area contributed by atoms with Gasteiger partial charge in [0.25, 0.3) is 0 Å². The van der Waals surface area contributed by atoms with Gasteiger partial charge in [-0.05, 0) is 42.0 Å². The first-order chi connectivity index (χ1) is 13.6. The Morgan fingerprint density at radius 3 is 2.31 bits per heavy atom. The summed E-state index contributed by atoms with van der Waals surface area (Å²) in [7, 11) is -3.92. The fraction of sp³-hybridized carbons (Fsp3) is 0.381. The predicted octanol–water partition coefficient (Wildman–Crippen LogP) is 3.60. The number of nitrogens with zero attached hydrogens (tertiary/aromatic N) is 1. The quantitative estimate of drug-likeness (QED) is 0.626. The van der Waals surface area contributed by atoms with Gasteiger partial charge in [0.2, 0.25) is 15.9 Å². The zero-order valence-electron chi connectivity index (χ0n) is 16.8. The van der Waals surface area contributed by atoms with E-state index in [0.29, 0.717) is 29.3 Å². The molecule has 0 saturated heterocycles. The minimum atomic E-state index is -3.92. The number of benzene rings is 2. The molecule has 5 nitrogen and oxygen atoms in total. The van der Waals surface area contributed by atoms with Gasteiger partial charge in [0.05, 0.1) is 11.9 Å². The van der Waals surface area contributed by atoms with Crippen LogP contribution in [0.15, 0.2) is 42.5 Å². The number of aryl methyl sites for hydroxylation is 1. The number of sulfonamides is 1. The molecular formula is C21H26F2N2O3S. The molecule has 0 fully saturated rings. The third-order valence-corrected chi connectivity index (χ3v) is 5.60. The average Bonchev–Trinajstić information content (AvgIpc) is 2.63. The maximum Gasteiger partial charge on any atom is 0.240 e. The minimum Gasteiger partial charge on any atom is -0.355 e. The van der Waals surface area contributed by atoms with Crippen LogP contribution in [0.5, 0.6) is 0 Å². The van der Waals surface area contributed by atoms with Crippen LogP contribution in [0.4, 0.5) is 14.5 Å². The predicted molar refractivity (Wildman–Crippen MR) is 110 cm³/mol. The summed E-state index contributed by atoms with van der Waals surface area (Å²) in [6.07, 6.45) is 2.31. The molecule has 0 radical (unpaired) electrons. The van der Waals surface area contributed by atoms with Crippen molar-refractivity contribution in [2.75, 3.05) is 23.7 Å². The summed E-state index contributed by atoms with van der Waals surface area (Å²) in [5.74, 6) is -1.97. The molecule has 0 aromatic heterocycles. The van der Waals surface area contributed by atoms with Crippen LogP contribution in [0.2, 0.25) is 0 Å². The number of anilines is 1. The number of carbonyl (C=O) groups is 1. The number of rotatable bonds is 9. The lowest BCUT2D eigenvalue weighted by atomic mass is 10.0. The molecule has 29 heavy (non-hydrogen) atoms. The van der Waals surface area contributed by atoms with Crippen LogP contribution in [0.3, 0.4) is 0 Å². The van der Waals surface area contributed by atoms with E-state index in [1.54, 1.807) is 0 Å². The molecule has 0 aliphatic rings. The van der Waals surface area contributed by atoms with Gasteiger partial charge in [-0.1, -0.05) is 38.1 Å². The molecule has 1 amide bonds. The van der Waals surface area contributed by atoms with Gasteiger partial charge < -0.3 is 5.32 Å². The van der Waals surface area contributed by atoms with Gasteiger partial charge in [-0.25, -0.2) is 17.2 Å². The van der Waals surface area contributed by atoms with Crippen LogP contribution in [0, 0.1) is 11.6 Å². The summed E-state index contributed by atoms with van der Waals surface area (Å²) < 4.78 is 51.7. The van der Waals surface area contributed by atoms with E-state index in [1.165, 1.54) is 5.56 Å². The van der Waals surface area contributed by atoms with Crippen LogP contribution in [-0.2, 0) is 21.2 Å². The normalized spacial score (nSPS) is 11.5. The molecule has 158 valence electrons. The third-order valence-electron chi connectivity index (χ3n) is 4.48. The minimum absolute atomic E-state index is 0.355. The largest absolute Gasteiger partial charge is 0.355 e. The molecule has 0 heterocycles. The van der Waals surface area contributed by atoms with E-state index in [9.17, 15) is 22.0 Å². The van der Waals surface area contributed by atoms with Crippen LogP contribution in [0.1, 0.15) is 37.3 Å². The average molecular weight is 425 g/mol. The molecule has 0 bridgehead atoms. The molecular weight excluding hydrogens is 398 g/mol. The standard InChI is InChI=1S/C21H26F2N2O3S/c1-15(2)17-8-6-16(7-9-17)5-4-12-24-21(26)14-25(29(3,27)28)20-11-10-18(22)13-19(20)23/h6-11,13,15H,4-5,12,14H2,1-3H3,(H,24,26). The molecule has 0 aliphatic heterocycles. The van der Waals surface area contributed by atoms with Crippen LogP contribution in [-0.4, -0.2) is 33.7 Å². The van der Waals surface area contributed by atoms with Crippen molar-refractivity contribution in [2.45, 2.75) is 32.6 Å². The smallest absolute Gasteiger partial charge is 0.240 e. The second-order valence-corrected chi connectivity index (χ2v) is 9.12. The highest BCUT2D eigenvalue weighted by molar-refractivity contribution is 7.92. The van der Waals surface area contributed by atoms with Crippen molar-refractivity contribution >= 4 is 21.6 Å². The zero-order valence-corrected chi connectivity index (χ0v) is 17.6. The lowest BCUT2D eigenvalue weighted by Gasteiger charge is -2.22. The first-order valence-electron chi connectivity index (χ1n) is 9.36. The maximum atomic E-state index is 14.0. The van der Waals surface area contributed by atoms with E-state index < -0.39 is 34.1 Å². The molecule has 1 N–H and O–H groups in total. The number of nitrogens with one attached hydrogen (secondary N) is 1. The first kappa shape index (κ1) is 22.8. The van der Waals surface area contributed by atoms with Gasteiger partial charge in [-0.15, -0.1) is 0 Å². The van der Waals surface area contributed by atoms with Gasteiger partial charge in [0.1, 0.15) is 18.2 Å². The molecule has 8 heteroatoms.